The number of hydrogen-bond donors (Lipinski definition) is 1. The average Bonchev–Trinajstić information content (AvgIpc) is 2.26. The fourth-order valence-corrected chi connectivity index (χ4v) is 1.66. The van der Waals surface area contributed by atoms with Gasteiger partial charge in [-0.3, -0.25) is 9.69 Å². The number of rotatable bonds is 4. The van der Waals surface area contributed by atoms with Gasteiger partial charge in [-0.1, -0.05) is 22.9 Å². The van der Waals surface area contributed by atoms with Crippen LogP contribution in [0, 0.1) is 0 Å². The van der Waals surface area contributed by atoms with E-state index in [-0.39, 0.29) is 12.0 Å². The Morgan fingerprint density at radius 1 is 1.71 bits per heavy atom. The molecule has 1 amide bonds. The Bertz CT molecular complexity index is 190. The second-order valence-electron chi connectivity index (χ2n) is 3.32. The summed E-state index contributed by atoms with van der Waals surface area (Å²) < 4.78 is 5.53. The van der Waals surface area contributed by atoms with Crippen LogP contribution in [0.3, 0.4) is 0 Å². The second-order valence-corrected chi connectivity index (χ2v) is 3.88. The highest BCUT2D eigenvalue weighted by Crippen LogP contribution is 2.03. The SMILES string of the molecule is CCN1CCOC(CNC(=O)CBr)C1. The van der Waals surface area contributed by atoms with Crippen molar-refractivity contribution >= 4 is 21.8 Å². The molecule has 0 radical (unpaired) electrons. The van der Waals surface area contributed by atoms with Gasteiger partial charge < -0.3 is 10.1 Å². The molecule has 0 aromatic heterocycles. The minimum atomic E-state index is 0.0159. The third-order valence-electron chi connectivity index (χ3n) is 2.32. The molecule has 0 spiro atoms. The van der Waals surface area contributed by atoms with E-state index in [1.807, 2.05) is 0 Å². The normalized spacial score (nSPS) is 23.4. The number of alkyl halides is 1. The highest BCUT2D eigenvalue weighted by atomic mass is 79.9. The Kier molecular flexibility index (Phi) is 5.44. The van der Waals surface area contributed by atoms with Gasteiger partial charge >= 0.3 is 0 Å². The van der Waals surface area contributed by atoms with Gasteiger partial charge in [0.25, 0.3) is 0 Å². The summed E-state index contributed by atoms with van der Waals surface area (Å²) >= 11 is 3.10. The lowest BCUT2D eigenvalue weighted by Crippen LogP contribution is -2.47. The standard InChI is InChI=1S/C9H17BrN2O2/c1-2-12-3-4-14-8(7-12)6-11-9(13)5-10/h8H,2-7H2,1H3,(H,11,13). The first-order valence-electron chi connectivity index (χ1n) is 4.93. The maximum absolute atomic E-state index is 11.0. The molecule has 0 aromatic carbocycles. The van der Waals surface area contributed by atoms with Crippen LogP contribution in [0.4, 0.5) is 0 Å². The molecule has 5 heteroatoms. The summed E-state index contributed by atoms with van der Waals surface area (Å²) in [4.78, 5) is 13.3. The van der Waals surface area contributed by atoms with Gasteiger partial charge in [0.05, 0.1) is 18.0 Å². The van der Waals surface area contributed by atoms with Gasteiger partial charge in [0, 0.05) is 19.6 Å². The molecule has 0 bridgehead atoms. The smallest absolute Gasteiger partial charge is 0.230 e. The van der Waals surface area contributed by atoms with Crippen molar-refractivity contribution in [2.45, 2.75) is 13.0 Å². The number of nitrogens with zero attached hydrogens (tertiary/aromatic N) is 1. The van der Waals surface area contributed by atoms with Gasteiger partial charge in [0.2, 0.25) is 5.91 Å². The largest absolute Gasteiger partial charge is 0.374 e. The fraction of sp³-hybridized carbons (Fsp3) is 0.889. The van der Waals surface area contributed by atoms with Crippen LogP contribution in [0.1, 0.15) is 6.92 Å². The maximum atomic E-state index is 11.0. The number of ether oxygens (including phenoxy) is 1. The molecule has 82 valence electrons. The Hall–Kier alpha value is -0.130. The number of amides is 1. The van der Waals surface area contributed by atoms with E-state index >= 15 is 0 Å². The molecular weight excluding hydrogens is 248 g/mol. The third kappa shape index (κ3) is 3.94. The Labute approximate surface area is 93.1 Å². The molecule has 1 fully saturated rings. The quantitative estimate of drug-likeness (QED) is 0.739. The zero-order chi connectivity index (χ0) is 10.4. The molecule has 0 aromatic rings. The van der Waals surface area contributed by atoms with E-state index < -0.39 is 0 Å². The van der Waals surface area contributed by atoms with E-state index in [1.165, 1.54) is 0 Å². The molecule has 1 atom stereocenters. The van der Waals surface area contributed by atoms with Gasteiger partial charge in [-0.25, -0.2) is 0 Å². The summed E-state index contributed by atoms with van der Waals surface area (Å²) in [7, 11) is 0. The van der Waals surface area contributed by atoms with Crippen molar-refractivity contribution in [1.82, 2.24) is 10.2 Å². The van der Waals surface area contributed by atoms with Gasteiger partial charge in [0.15, 0.2) is 0 Å². The van der Waals surface area contributed by atoms with Crippen molar-refractivity contribution in [2.24, 2.45) is 0 Å². The number of carbonyl (C=O) groups excluding carboxylic acids is 1. The minimum absolute atomic E-state index is 0.0159. The summed E-state index contributed by atoms with van der Waals surface area (Å²) in [6.07, 6.45) is 0.145. The number of halogens is 1. The van der Waals surface area contributed by atoms with E-state index in [0.717, 1.165) is 26.2 Å². The van der Waals surface area contributed by atoms with Gasteiger partial charge in [-0.05, 0) is 6.54 Å². The summed E-state index contributed by atoms with van der Waals surface area (Å²) in [6.45, 7) is 6.48. The molecule has 0 saturated carbocycles. The van der Waals surface area contributed by atoms with Crippen LogP contribution in [0.15, 0.2) is 0 Å². The molecule has 1 heterocycles. The molecule has 1 rings (SSSR count). The van der Waals surface area contributed by atoms with Crippen molar-refractivity contribution in [3.05, 3.63) is 0 Å². The van der Waals surface area contributed by atoms with Crippen LogP contribution in [-0.4, -0.2) is 55.0 Å². The third-order valence-corrected chi connectivity index (χ3v) is 2.83. The highest BCUT2D eigenvalue weighted by molar-refractivity contribution is 9.09. The minimum Gasteiger partial charge on any atom is -0.374 e. The molecule has 1 saturated heterocycles. The molecule has 0 aliphatic carbocycles. The first-order chi connectivity index (χ1) is 6.76. The van der Waals surface area contributed by atoms with E-state index in [9.17, 15) is 4.79 Å². The number of carbonyl (C=O) groups is 1. The maximum Gasteiger partial charge on any atom is 0.230 e. The molecular formula is C9H17BrN2O2. The Morgan fingerprint density at radius 3 is 3.14 bits per heavy atom. The summed E-state index contributed by atoms with van der Waals surface area (Å²) in [6, 6.07) is 0. The summed E-state index contributed by atoms with van der Waals surface area (Å²) in [5, 5.41) is 3.17. The van der Waals surface area contributed by atoms with E-state index in [0.29, 0.717) is 11.9 Å². The molecule has 1 aliphatic rings. The van der Waals surface area contributed by atoms with E-state index in [1.54, 1.807) is 0 Å². The van der Waals surface area contributed by atoms with Gasteiger partial charge in [-0.15, -0.1) is 0 Å². The first kappa shape index (κ1) is 11.9. The predicted octanol–water partition coefficient (Wildman–Crippen LogP) is 0.218. The lowest BCUT2D eigenvalue weighted by molar-refractivity contribution is -0.119. The molecule has 4 nitrogen and oxygen atoms in total. The van der Waals surface area contributed by atoms with Crippen LogP contribution in [0.5, 0.6) is 0 Å². The zero-order valence-corrected chi connectivity index (χ0v) is 10.0. The second kappa shape index (κ2) is 6.37. The summed E-state index contributed by atoms with van der Waals surface area (Å²) in [5.41, 5.74) is 0. The number of hydrogen-bond acceptors (Lipinski definition) is 3. The van der Waals surface area contributed by atoms with Crippen LogP contribution in [0.2, 0.25) is 0 Å². The first-order valence-corrected chi connectivity index (χ1v) is 6.05. The monoisotopic (exact) mass is 264 g/mol. The van der Waals surface area contributed by atoms with Gasteiger partial charge in [0.1, 0.15) is 0 Å². The van der Waals surface area contributed by atoms with Crippen LogP contribution in [-0.2, 0) is 9.53 Å². The Balaban J connectivity index is 2.20. The van der Waals surface area contributed by atoms with Crippen molar-refractivity contribution in [3.8, 4) is 0 Å². The molecule has 1 unspecified atom stereocenters. The van der Waals surface area contributed by atoms with Crippen molar-refractivity contribution < 1.29 is 9.53 Å². The predicted molar refractivity (Wildman–Crippen MR) is 58.7 cm³/mol. The van der Waals surface area contributed by atoms with Gasteiger partial charge in [-0.2, -0.15) is 0 Å². The average molecular weight is 265 g/mol. The Morgan fingerprint density at radius 2 is 2.50 bits per heavy atom. The fourth-order valence-electron chi connectivity index (χ4n) is 1.47. The van der Waals surface area contributed by atoms with Crippen LogP contribution >= 0.6 is 15.9 Å². The lowest BCUT2D eigenvalue weighted by Gasteiger charge is -2.32. The molecule has 1 N–H and O–H groups in total. The highest BCUT2D eigenvalue weighted by Gasteiger charge is 2.19. The van der Waals surface area contributed by atoms with Crippen LogP contribution in [0.25, 0.3) is 0 Å². The van der Waals surface area contributed by atoms with Crippen molar-refractivity contribution in [3.63, 3.8) is 0 Å². The zero-order valence-electron chi connectivity index (χ0n) is 8.46. The molecule has 1 aliphatic heterocycles. The van der Waals surface area contributed by atoms with E-state index in [4.69, 9.17) is 4.74 Å². The number of likely N-dealkylation sites (N-methyl/N-ethyl adjacent to an activating group) is 1. The van der Waals surface area contributed by atoms with Crippen molar-refractivity contribution in [1.29, 1.82) is 0 Å². The van der Waals surface area contributed by atoms with E-state index in [2.05, 4.69) is 33.1 Å². The number of morpholine rings is 1. The number of nitrogens with one attached hydrogen (secondary N) is 1. The van der Waals surface area contributed by atoms with Crippen molar-refractivity contribution in [2.75, 3.05) is 38.1 Å². The lowest BCUT2D eigenvalue weighted by atomic mass is 10.2. The molecule has 14 heavy (non-hydrogen) atoms. The summed E-state index contributed by atoms with van der Waals surface area (Å²) in [5.74, 6) is 0.0159. The van der Waals surface area contributed by atoms with Crippen LogP contribution < -0.4 is 5.32 Å². The topological polar surface area (TPSA) is 41.6 Å².